The van der Waals surface area contributed by atoms with Crippen LogP contribution in [0.1, 0.15) is 12.0 Å². The van der Waals surface area contributed by atoms with Crippen LogP contribution in [0.15, 0.2) is 22.7 Å². The highest BCUT2D eigenvalue weighted by Crippen LogP contribution is 2.23. The van der Waals surface area contributed by atoms with E-state index in [2.05, 4.69) is 15.9 Å². The van der Waals surface area contributed by atoms with Gasteiger partial charge in [0.2, 0.25) is 0 Å². The van der Waals surface area contributed by atoms with Crippen LogP contribution in [-0.4, -0.2) is 11.5 Å². The molecular formula is C9H11BrN2O2. The third-order valence-corrected chi connectivity index (χ3v) is 2.66. The van der Waals surface area contributed by atoms with Crippen LogP contribution in [-0.2, 0) is 6.42 Å². The predicted molar refractivity (Wildman–Crippen MR) is 58.2 cm³/mol. The summed E-state index contributed by atoms with van der Waals surface area (Å²) in [6, 6.07) is 4.76. The van der Waals surface area contributed by atoms with Crippen molar-refractivity contribution in [2.24, 2.45) is 5.73 Å². The fraction of sp³-hybridized carbons (Fsp3) is 0.333. The Morgan fingerprint density at radius 2 is 2.21 bits per heavy atom. The van der Waals surface area contributed by atoms with Crippen molar-refractivity contribution in [3.63, 3.8) is 0 Å². The molecular weight excluding hydrogens is 248 g/mol. The Balaban J connectivity index is 2.90. The minimum atomic E-state index is -0.390. The van der Waals surface area contributed by atoms with E-state index in [4.69, 9.17) is 5.73 Å². The van der Waals surface area contributed by atoms with Gasteiger partial charge in [0.1, 0.15) is 0 Å². The lowest BCUT2D eigenvalue weighted by atomic mass is 10.1. The van der Waals surface area contributed by atoms with Crippen molar-refractivity contribution >= 4 is 21.6 Å². The van der Waals surface area contributed by atoms with Crippen LogP contribution in [0.25, 0.3) is 0 Å². The lowest BCUT2D eigenvalue weighted by Crippen LogP contribution is -2.01. The zero-order valence-corrected chi connectivity index (χ0v) is 9.16. The van der Waals surface area contributed by atoms with E-state index >= 15 is 0 Å². The summed E-state index contributed by atoms with van der Waals surface area (Å²) < 4.78 is 0.900. The number of nitrogens with zero attached hydrogens (tertiary/aromatic N) is 1. The van der Waals surface area contributed by atoms with E-state index in [9.17, 15) is 10.1 Å². The van der Waals surface area contributed by atoms with E-state index in [1.165, 1.54) is 6.07 Å². The summed E-state index contributed by atoms with van der Waals surface area (Å²) in [5.74, 6) is 0. The van der Waals surface area contributed by atoms with Crippen LogP contribution < -0.4 is 5.73 Å². The summed E-state index contributed by atoms with van der Waals surface area (Å²) in [7, 11) is 0. The molecule has 0 bridgehead atoms. The maximum Gasteiger partial charge on any atom is 0.269 e. The van der Waals surface area contributed by atoms with Crippen molar-refractivity contribution in [1.82, 2.24) is 0 Å². The van der Waals surface area contributed by atoms with Crippen molar-refractivity contribution in [2.75, 3.05) is 6.54 Å². The molecule has 0 aliphatic rings. The fourth-order valence-electron chi connectivity index (χ4n) is 1.16. The molecule has 76 valence electrons. The molecule has 0 saturated heterocycles. The molecule has 0 radical (unpaired) electrons. The number of hydrogen-bond donors (Lipinski definition) is 1. The molecule has 0 aliphatic carbocycles. The van der Waals surface area contributed by atoms with Gasteiger partial charge in [-0.3, -0.25) is 10.1 Å². The summed E-state index contributed by atoms with van der Waals surface area (Å²) >= 11 is 3.35. The Kier molecular flexibility index (Phi) is 4.03. The standard InChI is InChI=1S/C9H11BrN2O2/c10-9-4-3-8(12(13)14)6-7(9)2-1-5-11/h3-4,6H,1-2,5,11H2. The maximum absolute atomic E-state index is 10.5. The fourth-order valence-corrected chi connectivity index (χ4v) is 1.60. The van der Waals surface area contributed by atoms with Gasteiger partial charge in [0.15, 0.2) is 0 Å². The van der Waals surface area contributed by atoms with E-state index in [0.29, 0.717) is 6.54 Å². The van der Waals surface area contributed by atoms with Gasteiger partial charge in [0, 0.05) is 16.6 Å². The number of halogens is 1. The van der Waals surface area contributed by atoms with Gasteiger partial charge in [-0.05, 0) is 31.0 Å². The molecule has 0 aliphatic heterocycles. The molecule has 0 saturated carbocycles. The van der Waals surface area contributed by atoms with Crippen molar-refractivity contribution in [2.45, 2.75) is 12.8 Å². The molecule has 14 heavy (non-hydrogen) atoms. The van der Waals surface area contributed by atoms with Gasteiger partial charge in [0.05, 0.1) is 4.92 Å². The van der Waals surface area contributed by atoms with Crippen LogP contribution in [0.5, 0.6) is 0 Å². The Bertz CT molecular complexity index is 342. The lowest BCUT2D eigenvalue weighted by Gasteiger charge is -2.02. The number of nitrogens with two attached hydrogens (primary N) is 1. The Hall–Kier alpha value is -0.940. The summed E-state index contributed by atoms with van der Waals surface area (Å²) in [5.41, 5.74) is 6.44. The summed E-state index contributed by atoms with van der Waals surface area (Å²) in [5, 5.41) is 10.5. The first kappa shape index (κ1) is 11.1. The summed E-state index contributed by atoms with van der Waals surface area (Å²) in [6.45, 7) is 0.592. The second-order valence-electron chi connectivity index (χ2n) is 2.93. The van der Waals surface area contributed by atoms with E-state index < -0.39 is 4.92 Å². The largest absolute Gasteiger partial charge is 0.330 e. The third kappa shape index (κ3) is 2.78. The molecule has 1 rings (SSSR count). The van der Waals surface area contributed by atoms with E-state index in [0.717, 1.165) is 22.9 Å². The van der Waals surface area contributed by atoms with Gasteiger partial charge >= 0.3 is 0 Å². The van der Waals surface area contributed by atoms with Gasteiger partial charge in [-0.2, -0.15) is 0 Å². The van der Waals surface area contributed by atoms with Gasteiger partial charge in [-0.1, -0.05) is 15.9 Å². The van der Waals surface area contributed by atoms with Crippen molar-refractivity contribution in [3.05, 3.63) is 38.3 Å². The minimum Gasteiger partial charge on any atom is -0.330 e. The highest BCUT2D eigenvalue weighted by atomic mass is 79.9. The van der Waals surface area contributed by atoms with Crippen molar-refractivity contribution in [1.29, 1.82) is 0 Å². The molecule has 2 N–H and O–H groups in total. The molecule has 0 spiro atoms. The highest BCUT2D eigenvalue weighted by molar-refractivity contribution is 9.10. The number of nitro groups is 1. The molecule has 0 fully saturated rings. The van der Waals surface area contributed by atoms with Crippen LogP contribution in [0, 0.1) is 10.1 Å². The SMILES string of the molecule is NCCCc1cc([N+](=O)[O-])ccc1Br. The maximum atomic E-state index is 10.5. The number of aryl methyl sites for hydroxylation is 1. The first-order chi connectivity index (χ1) is 6.65. The first-order valence-corrected chi connectivity index (χ1v) is 5.07. The highest BCUT2D eigenvalue weighted by Gasteiger charge is 2.08. The zero-order chi connectivity index (χ0) is 10.6. The normalized spacial score (nSPS) is 10.1. The predicted octanol–water partition coefficient (Wildman–Crippen LogP) is 2.25. The number of nitro benzene ring substituents is 1. The van der Waals surface area contributed by atoms with Gasteiger partial charge in [-0.25, -0.2) is 0 Å². The molecule has 4 nitrogen and oxygen atoms in total. The molecule has 0 unspecified atom stereocenters. The van der Waals surface area contributed by atoms with E-state index in [1.807, 2.05) is 0 Å². The average molecular weight is 259 g/mol. The average Bonchev–Trinajstić information content (AvgIpc) is 2.16. The van der Waals surface area contributed by atoms with Crippen LogP contribution in [0.2, 0.25) is 0 Å². The van der Waals surface area contributed by atoms with Crippen LogP contribution in [0.3, 0.4) is 0 Å². The Morgan fingerprint density at radius 1 is 1.50 bits per heavy atom. The van der Waals surface area contributed by atoms with Crippen LogP contribution in [0.4, 0.5) is 5.69 Å². The zero-order valence-electron chi connectivity index (χ0n) is 7.57. The summed E-state index contributed by atoms with van der Waals surface area (Å²) in [4.78, 5) is 10.1. The molecule has 0 amide bonds. The topological polar surface area (TPSA) is 69.2 Å². The molecule has 5 heteroatoms. The quantitative estimate of drug-likeness (QED) is 0.666. The van der Waals surface area contributed by atoms with Crippen molar-refractivity contribution in [3.8, 4) is 0 Å². The smallest absolute Gasteiger partial charge is 0.269 e. The monoisotopic (exact) mass is 258 g/mol. The first-order valence-electron chi connectivity index (χ1n) is 4.28. The number of non-ortho nitro benzene ring substituents is 1. The van der Waals surface area contributed by atoms with Gasteiger partial charge < -0.3 is 5.73 Å². The van der Waals surface area contributed by atoms with Crippen molar-refractivity contribution < 1.29 is 4.92 Å². The molecule has 0 heterocycles. The van der Waals surface area contributed by atoms with E-state index in [-0.39, 0.29) is 5.69 Å². The second kappa shape index (κ2) is 5.07. The summed E-state index contributed by atoms with van der Waals surface area (Å²) in [6.07, 6.45) is 1.60. The Morgan fingerprint density at radius 3 is 2.79 bits per heavy atom. The van der Waals surface area contributed by atoms with Gasteiger partial charge in [0.25, 0.3) is 5.69 Å². The minimum absolute atomic E-state index is 0.125. The van der Waals surface area contributed by atoms with E-state index in [1.54, 1.807) is 12.1 Å². The number of benzene rings is 1. The number of hydrogen-bond acceptors (Lipinski definition) is 3. The Labute approximate surface area is 90.4 Å². The second-order valence-corrected chi connectivity index (χ2v) is 3.78. The molecule has 1 aromatic rings. The number of rotatable bonds is 4. The van der Waals surface area contributed by atoms with Crippen LogP contribution >= 0.6 is 15.9 Å². The van der Waals surface area contributed by atoms with Gasteiger partial charge in [-0.15, -0.1) is 0 Å². The molecule has 0 aromatic heterocycles. The molecule has 1 aromatic carbocycles. The molecule has 0 atom stereocenters. The lowest BCUT2D eigenvalue weighted by molar-refractivity contribution is -0.384. The third-order valence-electron chi connectivity index (χ3n) is 1.89.